The summed E-state index contributed by atoms with van der Waals surface area (Å²) in [5.74, 6) is -0.0890. The summed E-state index contributed by atoms with van der Waals surface area (Å²) < 4.78 is 20.8. The highest BCUT2D eigenvalue weighted by atomic mass is 16.5. The minimum atomic E-state index is -0.753. The number of benzene rings is 1. The average Bonchev–Trinajstić information content (AvgIpc) is 2.59. The lowest BCUT2D eigenvalue weighted by molar-refractivity contribution is -0.136. The first-order valence-electron chi connectivity index (χ1n) is 7.07. The van der Waals surface area contributed by atoms with Crippen LogP contribution in [0.25, 0.3) is 0 Å². The molecular formula is C17H18N2O5. The number of allylic oxidation sites excluding steroid dienone is 2. The number of nitriles is 1. The van der Waals surface area contributed by atoms with Gasteiger partial charge in [0.2, 0.25) is 5.88 Å². The third-order valence-corrected chi connectivity index (χ3v) is 3.76. The summed E-state index contributed by atoms with van der Waals surface area (Å²) in [7, 11) is 4.29. The van der Waals surface area contributed by atoms with E-state index in [9.17, 15) is 10.1 Å². The zero-order chi connectivity index (χ0) is 17.9. The summed E-state index contributed by atoms with van der Waals surface area (Å²) in [6.45, 7) is 1.59. The molecule has 1 aromatic carbocycles. The van der Waals surface area contributed by atoms with Gasteiger partial charge in [-0.3, -0.25) is 0 Å². The van der Waals surface area contributed by atoms with Crippen LogP contribution in [0.2, 0.25) is 0 Å². The largest absolute Gasteiger partial charge is 0.497 e. The number of esters is 1. The minimum Gasteiger partial charge on any atom is -0.497 e. The molecule has 2 rings (SSSR count). The van der Waals surface area contributed by atoms with E-state index >= 15 is 0 Å². The van der Waals surface area contributed by atoms with Crippen LogP contribution in [0.5, 0.6) is 11.5 Å². The molecule has 1 aromatic rings. The predicted octanol–water partition coefficient (Wildman–Crippen LogP) is 1.96. The van der Waals surface area contributed by atoms with Crippen molar-refractivity contribution >= 4 is 5.97 Å². The Balaban J connectivity index is 2.72. The predicted molar refractivity (Wildman–Crippen MR) is 84.9 cm³/mol. The molecule has 0 aliphatic carbocycles. The normalized spacial score (nSPS) is 17.0. The topological polar surface area (TPSA) is 104 Å². The van der Waals surface area contributed by atoms with Crippen molar-refractivity contribution in [3.05, 3.63) is 46.6 Å². The van der Waals surface area contributed by atoms with Gasteiger partial charge in [0.1, 0.15) is 28.9 Å². The van der Waals surface area contributed by atoms with Gasteiger partial charge in [-0.2, -0.15) is 5.26 Å². The molecule has 7 heteroatoms. The third kappa shape index (κ3) is 2.86. The Bertz CT molecular complexity index is 774. The Kier molecular flexibility index (Phi) is 4.99. The second-order valence-corrected chi connectivity index (χ2v) is 4.99. The third-order valence-electron chi connectivity index (χ3n) is 3.76. The van der Waals surface area contributed by atoms with Gasteiger partial charge in [-0.1, -0.05) is 6.07 Å². The number of nitrogens with two attached hydrogens (primary N) is 1. The molecule has 0 radical (unpaired) electrons. The average molecular weight is 330 g/mol. The molecule has 1 atom stereocenters. The lowest BCUT2D eigenvalue weighted by Gasteiger charge is -2.27. The van der Waals surface area contributed by atoms with Gasteiger partial charge in [0.05, 0.1) is 32.8 Å². The molecule has 0 saturated heterocycles. The Morgan fingerprint density at radius 3 is 2.54 bits per heavy atom. The van der Waals surface area contributed by atoms with Crippen molar-refractivity contribution in [2.24, 2.45) is 5.73 Å². The molecule has 0 amide bonds. The standard InChI is InChI=1S/C17H18N2O5/c1-9-14(17(20)23-4)15(12(8-18)16(19)24-9)11-6-5-10(21-2)7-13(11)22-3/h5-7,15H,19H2,1-4H3/t15-/m1/s1. The molecule has 1 aliphatic rings. The van der Waals surface area contributed by atoms with Gasteiger partial charge in [0, 0.05) is 11.6 Å². The highest BCUT2D eigenvalue weighted by molar-refractivity contribution is 5.92. The maximum atomic E-state index is 12.3. The van der Waals surface area contributed by atoms with Crippen LogP contribution in [0.15, 0.2) is 41.0 Å². The van der Waals surface area contributed by atoms with Crippen molar-refractivity contribution in [1.29, 1.82) is 5.26 Å². The Morgan fingerprint density at radius 1 is 1.29 bits per heavy atom. The van der Waals surface area contributed by atoms with Crippen LogP contribution in [0, 0.1) is 11.3 Å². The maximum absolute atomic E-state index is 12.3. The van der Waals surface area contributed by atoms with Gasteiger partial charge < -0.3 is 24.7 Å². The number of carbonyl (C=O) groups excluding carboxylic acids is 1. The summed E-state index contributed by atoms with van der Waals surface area (Å²) in [5.41, 5.74) is 6.74. The molecular weight excluding hydrogens is 312 g/mol. The fraction of sp³-hybridized carbons (Fsp3) is 0.294. The molecule has 0 saturated carbocycles. The Hall–Kier alpha value is -3.14. The van der Waals surface area contributed by atoms with E-state index in [2.05, 4.69) is 0 Å². The summed E-state index contributed by atoms with van der Waals surface area (Å²) in [4.78, 5) is 12.3. The molecule has 7 nitrogen and oxygen atoms in total. The number of nitrogens with zero attached hydrogens (tertiary/aromatic N) is 1. The van der Waals surface area contributed by atoms with E-state index in [-0.39, 0.29) is 22.8 Å². The van der Waals surface area contributed by atoms with E-state index in [0.29, 0.717) is 17.1 Å². The first-order chi connectivity index (χ1) is 11.5. The van der Waals surface area contributed by atoms with E-state index in [1.54, 1.807) is 25.1 Å². The molecule has 126 valence electrons. The van der Waals surface area contributed by atoms with E-state index in [4.69, 9.17) is 24.7 Å². The fourth-order valence-corrected chi connectivity index (χ4v) is 2.62. The Labute approximate surface area is 139 Å². The van der Waals surface area contributed by atoms with E-state index < -0.39 is 11.9 Å². The molecule has 1 heterocycles. The van der Waals surface area contributed by atoms with E-state index in [1.165, 1.54) is 21.3 Å². The fourth-order valence-electron chi connectivity index (χ4n) is 2.62. The molecule has 0 aromatic heterocycles. The van der Waals surface area contributed by atoms with Gasteiger partial charge in [0.15, 0.2) is 0 Å². The number of hydrogen-bond acceptors (Lipinski definition) is 7. The maximum Gasteiger partial charge on any atom is 0.338 e. The molecule has 0 bridgehead atoms. The van der Waals surface area contributed by atoms with Crippen LogP contribution >= 0.6 is 0 Å². The highest BCUT2D eigenvalue weighted by Crippen LogP contribution is 2.43. The van der Waals surface area contributed by atoms with E-state index in [0.717, 1.165) is 0 Å². The van der Waals surface area contributed by atoms with Crippen LogP contribution in [0.1, 0.15) is 18.4 Å². The van der Waals surface area contributed by atoms with Crippen LogP contribution in [0.4, 0.5) is 0 Å². The van der Waals surface area contributed by atoms with E-state index in [1.807, 2.05) is 6.07 Å². The first-order valence-corrected chi connectivity index (χ1v) is 7.07. The van der Waals surface area contributed by atoms with Crippen LogP contribution in [0.3, 0.4) is 0 Å². The van der Waals surface area contributed by atoms with Gasteiger partial charge in [0.25, 0.3) is 0 Å². The smallest absolute Gasteiger partial charge is 0.338 e. The number of hydrogen-bond donors (Lipinski definition) is 1. The van der Waals surface area contributed by atoms with Crippen molar-refractivity contribution < 1.29 is 23.7 Å². The number of carbonyl (C=O) groups is 1. The SMILES string of the molecule is COC(=O)C1=C(C)OC(N)=C(C#N)[C@H]1c1ccc(OC)cc1OC. The molecule has 1 aliphatic heterocycles. The highest BCUT2D eigenvalue weighted by Gasteiger charge is 2.37. The second kappa shape index (κ2) is 6.96. The van der Waals surface area contributed by atoms with Crippen LogP contribution in [-0.4, -0.2) is 27.3 Å². The van der Waals surface area contributed by atoms with Crippen LogP contribution < -0.4 is 15.2 Å². The van der Waals surface area contributed by atoms with Gasteiger partial charge in [-0.05, 0) is 13.0 Å². The van der Waals surface area contributed by atoms with Gasteiger partial charge >= 0.3 is 5.97 Å². The lowest BCUT2D eigenvalue weighted by atomic mass is 9.82. The monoisotopic (exact) mass is 330 g/mol. The summed E-state index contributed by atoms with van der Waals surface area (Å²) >= 11 is 0. The summed E-state index contributed by atoms with van der Waals surface area (Å²) in [6.07, 6.45) is 0. The molecule has 24 heavy (non-hydrogen) atoms. The summed E-state index contributed by atoms with van der Waals surface area (Å²) in [6, 6.07) is 7.11. The number of ether oxygens (including phenoxy) is 4. The number of rotatable bonds is 4. The first kappa shape index (κ1) is 17.2. The van der Waals surface area contributed by atoms with Crippen molar-refractivity contribution in [3.63, 3.8) is 0 Å². The number of methoxy groups -OCH3 is 3. The molecule has 0 spiro atoms. The quantitative estimate of drug-likeness (QED) is 0.841. The minimum absolute atomic E-state index is 0.0504. The zero-order valence-corrected chi connectivity index (χ0v) is 13.9. The summed E-state index contributed by atoms with van der Waals surface area (Å²) in [5, 5.41) is 9.51. The van der Waals surface area contributed by atoms with Crippen molar-refractivity contribution in [2.45, 2.75) is 12.8 Å². The Morgan fingerprint density at radius 2 is 2.00 bits per heavy atom. The van der Waals surface area contributed by atoms with Crippen LogP contribution in [-0.2, 0) is 14.3 Å². The second-order valence-electron chi connectivity index (χ2n) is 4.99. The van der Waals surface area contributed by atoms with Crippen molar-refractivity contribution in [1.82, 2.24) is 0 Å². The van der Waals surface area contributed by atoms with Gasteiger partial charge in [-0.15, -0.1) is 0 Å². The van der Waals surface area contributed by atoms with Crippen molar-refractivity contribution in [2.75, 3.05) is 21.3 Å². The molecule has 2 N–H and O–H groups in total. The molecule has 0 fully saturated rings. The lowest BCUT2D eigenvalue weighted by Crippen LogP contribution is -2.25. The van der Waals surface area contributed by atoms with Gasteiger partial charge in [-0.25, -0.2) is 4.79 Å². The van der Waals surface area contributed by atoms with Crippen molar-refractivity contribution in [3.8, 4) is 17.6 Å². The zero-order valence-electron chi connectivity index (χ0n) is 13.9. The molecule has 0 unspecified atom stereocenters.